The first-order chi connectivity index (χ1) is 17.0. The number of para-hydroxylation sites is 1. The SMILES string of the molecule is CCCCNC(=O)[C@H](CC)N(Cc1ccc(OC)cc1)C(=O)CN(c1c(C)cccc1C)S(C)(=O)=O. The second kappa shape index (κ2) is 13.3. The summed E-state index contributed by atoms with van der Waals surface area (Å²) in [6.45, 7) is 7.79. The van der Waals surface area contributed by atoms with Crippen LogP contribution in [0.2, 0.25) is 0 Å². The zero-order valence-electron chi connectivity index (χ0n) is 22.2. The molecule has 0 saturated carbocycles. The van der Waals surface area contributed by atoms with E-state index in [4.69, 9.17) is 4.74 Å². The van der Waals surface area contributed by atoms with E-state index in [1.165, 1.54) is 4.90 Å². The molecule has 0 heterocycles. The molecular formula is C27H39N3O5S. The fourth-order valence-electron chi connectivity index (χ4n) is 4.13. The summed E-state index contributed by atoms with van der Waals surface area (Å²) >= 11 is 0. The molecule has 1 atom stereocenters. The smallest absolute Gasteiger partial charge is 0.244 e. The minimum absolute atomic E-state index is 0.160. The van der Waals surface area contributed by atoms with E-state index in [0.717, 1.165) is 40.1 Å². The van der Waals surface area contributed by atoms with Crippen LogP contribution in [0.4, 0.5) is 5.69 Å². The number of rotatable bonds is 13. The van der Waals surface area contributed by atoms with E-state index in [0.29, 0.717) is 24.4 Å². The number of amides is 2. The summed E-state index contributed by atoms with van der Waals surface area (Å²) in [6, 6.07) is 12.0. The number of carbonyl (C=O) groups is 2. The van der Waals surface area contributed by atoms with Gasteiger partial charge in [-0.15, -0.1) is 0 Å². The number of anilines is 1. The highest BCUT2D eigenvalue weighted by Gasteiger charge is 2.32. The molecule has 0 aromatic heterocycles. The third-order valence-corrected chi connectivity index (χ3v) is 7.21. The highest BCUT2D eigenvalue weighted by molar-refractivity contribution is 7.92. The first-order valence-electron chi connectivity index (χ1n) is 12.3. The van der Waals surface area contributed by atoms with Crippen molar-refractivity contribution < 1.29 is 22.7 Å². The maximum atomic E-state index is 13.8. The highest BCUT2D eigenvalue weighted by Crippen LogP contribution is 2.27. The van der Waals surface area contributed by atoms with E-state index < -0.39 is 28.5 Å². The lowest BCUT2D eigenvalue weighted by Crippen LogP contribution is -2.52. The molecule has 9 heteroatoms. The van der Waals surface area contributed by atoms with Crippen LogP contribution in [-0.4, -0.2) is 57.6 Å². The number of nitrogens with zero attached hydrogens (tertiary/aromatic N) is 2. The molecule has 2 aromatic carbocycles. The second-order valence-corrected chi connectivity index (χ2v) is 10.9. The molecule has 198 valence electrons. The van der Waals surface area contributed by atoms with Crippen LogP contribution in [0.5, 0.6) is 5.75 Å². The summed E-state index contributed by atoms with van der Waals surface area (Å²) in [5, 5.41) is 2.92. The van der Waals surface area contributed by atoms with E-state index in [-0.39, 0.29) is 12.5 Å². The zero-order chi connectivity index (χ0) is 26.9. The van der Waals surface area contributed by atoms with E-state index in [2.05, 4.69) is 5.32 Å². The largest absolute Gasteiger partial charge is 0.497 e. The zero-order valence-corrected chi connectivity index (χ0v) is 23.0. The lowest BCUT2D eigenvalue weighted by molar-refractivity contribution is -0.140. The first kappa shape index (κ1) is 29.2. The molecule has 2 rings (SSSR count). The van der Waals surface area contributed by atoms with Crippen LogP contribution in [-0.2, 0) is 26.2 Å². The molecule has 2 amide bonds. The number of nitrogens with one attached hydrogen (secondary N) is 1. The minimum Gasteiger partial charge on any atom is -0.497 e. The summed E-state index contributed by atoms with van der Waals surface area (Å²) in [7, 11) is -2.20. The Morgan fingerprint density at radius 2 is 1.64 bits per heavy atom. The van der Waals surface area contributed by atoms with Crippen LogP contribution in [0.25, 0.3) is 0 Å². The number of benzene rings is 2. The van der Waals surface area contributed by atoms with E-state index in [1.54, 1.807) is 19.2 Å². The quantitative estimate of drug-likeness (QED) is 0.408. The minimum atomic E-state index is -3.77. The molecular weight excluding hydrogens is 478 g/mol. The monoisotopic (exact) mass is 517 g/mol. The van der Waals surface area contributed by atoms with Crippen molar-refractivity contribution >= 4 is 27.5 Å². The van der Waals surface area contributed by atoms with E-state index >= 15 is 0 Å². The Morgan fingerprint density at radius 1 is 1.03 bits per heavy atom. The van der Waals surface area contributed by atoms with E-state index in [9.17, 15) is 18.0 Å². The van der Waals surface area contributed by atoms with Gasteiger partial charge in [-0.3, -0.25) is 13.9 Å². The number of methoxy groups -OCH3 is 1. The average Bonchev–Trinajstić information content (AvgIpc) is 2.83. The number of carbonyl (C=O) groups excluding carboxylic acids is 2. The number of aryl methyl sites for hydroxylation is 2. The number of hydrogen-bond acceptors (Lipinski definition) is 5. The summed E-state index contributed by atoms with van der Waals surface area (Å²) in [5.41, 5.74) is 2.79. The first-order valence-corrected chi connectivity index (χ1v) is 14.1. The van der Waals surface area contributed by atoms with Gasteiger partial charge in [0.1, 0.15) is 18.3 Å². The molecule has 0 saturated heterocycles. The molecule has 0 aliphatic carbocycles. The standard InChI is InChI=1S/C27H39N3O5S/c1-7-9-17-28-27(32)24(8-2)29(18-22-13-15-23(35-5)16-14-22)25(31)19-30(36(6,33)34)26-20(3)11-10-12-21(26)4/h10-16,24H,7-9,17-19H2,1-6H3,(H,28,32)/t24-/m0/s1. The van der Waals surface area contributed by atoms with Gasteiger partial charge in [-0.05, 0) is 55.5 Å². The predicted octanol–water partition coefficient (Wildman–Crippen LogP) is 3.80. The third-order valence-electron chi connectivity index (χ3n) is 6.10. The van der Waals surface area contributed by atoms with Crippen molar-refractivity contribution in [1.82, 2.24) is 10.2 Å². The van der Waals surface area contributed by atoms with Crippen molar-refractivity contribution in [3.63, 3.8) is 0 Å². The number of unbranched alkanes of at least 4 members (excludes halogenated alkanes) is 1. The summed E-state index contributed by atoms with van der Waals surface area (Å²) in [4.78, 5) is 28.3. The Balaban J connectivity index is 2.45. The van der Waals surface area contributed by atoms with Gasteiger partial charge in [0.2, 0.25) is 21.8 Å². The molecule has 36 heavy (non-hydrogen) atoms. The molecule has 0 spiro atoms. The lowest BCUT2D eigenvalue weighted by Gasteiger charge is -2.33. The van der Waals surface area contributed by atoms with Crippen molar-refractivity contribution in [2.24, 2.45) is 0 Å². The van der Waals surface area contributed by atoms with Crippen molar-refractivity contribution in [3.05, 3.63) is 59.2 Å². The van der Waals surface area contributed by atoms with Gasteiger partial charge >= 0.3 is 0 Å². The van der Waals surface area contributed by atoms with Crippen LogP contribution in [0.1, 0.15) is 49.8 Å². The maximum Gasteiger partial charge on any atom is 0.244 e. The molecule has 0 aliphatic rings. The fourth-order valence-corrected chi connectivity index (χ4v) is 5.09. The van der Waals surface area contributed by atoms with Gasteiger partial charge in [0, 0.05) is 13.1 Å². The van der Waals surface area contributed by atoms with Crippen LogP contribution in [0.3, 0.4) is 0 Å². The summed E-state index contributed by atoms with van der Waals surface area (Å²) in [6.07, 6.45) is 3.25. The molecule has 2 aromatic rings. The van der Waals surface area contributed by atoms with Crippen molar-refractivity contribution in [3.8, 4) is 5.75 Å². The van der Waals surface area contributed by atoms with Crippen LogP contribution >= 0.6 is 0 Å². The Labute approximate surface area is 215 Å². The Kier molecular flexibility index (Phi) is 10.8. The molecule has 0 unspecified atom stereocenters. The second-order valence-electron chi connectivity index (χ2n) is 8.95. The third kappa shape index (κ3) is 7.71. The average molecular weight is 518 g/mol. The van der Waals surface area contributed by atoms with Gasteiger partial charge in [-0.2, -0.15) is 0 Å². The van der Waals surface area contributed by atoms with Gasteiger partial charge in [0.25, 0.3) is 0 Å². The fraction of sp³-hybridized carbons (Fsp3) is 0.481. The van der Waals surface area contributed by atoms with Gasteiger partial charge < -0.3 is 15.0 Å². The Morgan fingerprint density at radius 3 is 2.14 bits per heavy atom. The molecule has 8 nitrogen and oxygen atoms in total. The predicted molar refractivity (Wildman–Crippen MR) is 144 cm³/mol. The van der Waals surface area contributed by atoms with Gasteiger partial charge in [0.05, 0.1) is 19.1 Å². The maximum absolute atomic E-state index is 13.8. The normalized spacial score (nSPS) is 12.1. The van der Waals surface area contributed by atoms with Crippen LogP contribution in [0.15, 0.2) is 42.5 Å². The Bertz CT molecular complexity index is 1110. The van der Waals surface area contributed by atoms with Crippen molar-refractivity contribution in [2.45, 2.75) is 59.5 Å². The van der Waals surface area contributed by atoms with Gasteiger partial charge in [-0.1, -0.05) is 50.6 Å². The number of hydrogen-bond donors (Lipinski definition) is 1. The summed E-state index contributed by atoms with van der Waals surface area (Å²) < 4.78 is 32.0. The molecule has 0 fully saturated rings. The van der Waals surface area contributed by atoms with Gasteiger partial charge in [-0.25, -0.2) is 8.42 Å². The van der Waals surface area contributed by atoms with Crippen molar-refractivity contribution in [2.75, 3.05) is 30.8 Å². The molecule has 1 N–H and O–H groups in total. The van der Waals surface area contributed by atoms with E-state index in [1.807, 2.05) is 58.0 Å². The molecule has 0 radical (unpaired) electrons. The molecule has 0 bridgehead atoms. The topological polar surface area (TPSA) is 96.0 Å². The van der Waals surface area contributed by atoms with Gasteiger partial charge in [0.15, 0.2) is 0 Å². The summed E-state index contributed by atoms with van der Waals surface area (Å²) in [5.74, 6) is -0.0126. The molecule has 0 aliphatic heterocycles. The highest BCUT2D eigenvalue weighted by atomic mass is 32.2. The number of sulfonamides is 1. The van der Waals surface area contributed by atoms with Crippen molar-refractivity contribution in [1.29, 1.82) is 0 Å². The lowest BCUT2D eigenvalue weighted by atomic mass is 10.1. The van der Waals surface area contributed by atoms with Crippen LogP contribution in [0, 0.1) is 13.8 Å². The number of ether oxygens (including phenoxy) is 1. The van der Waals surface area contributed by atoms with Crippen LogP contribution < -0.4 is 14.4 Å². The Hall–Kier alpha value is -3.07.